The van der Waals surface area contributed by atoms with Crippen molar-refractivity contribution in [1.29, 1.82) is 0 Å². The molecule has 2 saturated heterocycles. The second-order valence-corrected chi connectivity index (χ2v) is 8.69. The van der Waals surface area contributed by atoms with Crippen molar-refractivity contribution in [2.75, 3.05) is 26.7 Å². The number of allylic oxidation sites excluding steroid dienone is 2. The number of hydrogen-bond donors (Lipinski definition) is 2. The molecule has 1 aromatic rings. The van der Waals surface area contributed by atoms with E-state index in [1.807, 2.05) is 16.8 Å². The molecule has 5 nitrogen and oxygen atoms in total. The van der Waals surface area contributed by atoms with Crippen LogP contribution in [0, 0.1) is 17.5 Å². The average molecular weight is 442 g/mol. The molecule has 1 amide bonds. The van der Waals surface area contributed by atoms with Gasteiger partial charge in [0.2, 0.25) is 5.91 Å². The van der Waals surface area contributed by atoms with Gasteiger partial charge in [0.25, 0.3) is 0 Å². The van der Waals surface area contributed by atoms with Gasteiger partial charge in [-0.1, -0.05) is 0 Å². The van der Waals surface area contributed by atoms with Crippen LogP contribution in [0.25, 0.3) is 0 Å². The third-order valence-corrected chi connectivity index (χ3v) is 7.18. The number of thiol groups is 1. The van der Waals surface area contributed by atoms with Gasteiger partial charge >= 0.3 is 0 Å². The lowest BCUT2D eigenvalue weighted by Gasteiger charge is -2.28. The van der Waals surface area contributed by atoms with Crippen LogP contribution >= 0.6 is 12.6 Å². The summed E-state index contributed by atoms with van der Waals surface area (Å²) in [6, 6.07) is 1.65. The number of hydrogen-bond acceptors (Lipinski definition) is 5. The van der Waals surface area contributed by atoms with Crippen LogP contribution in [0.4, 0.5) is 13.2 Å². The van der Waals surface area contributed by atoms with Crippen LogP contribution in [-0.2, 0) is 4.79 Å². The predicted molar refractivity (Wildman–Crippen MR) is 109 cm³/mol. The van der Waals surface area contributed by atoms with Crippen LogP contribution in [0.15, 0.2) is 23.5 Å². The van der Waals surface area contributed by atoms with Crippen molar-refractivity contribution in [2.45, 2.75) is 49.6 Å². The molecule has 0 spiro atoms. The molecule has 3 heterocycles. The molecule has 30 heavy (non-hydrogen) atoms. The standard InChI is InChI=1S/C21H26F3N3O2S/c1-25-16(6-7-18(29)26-8-2-3-13(26)11-28)17-9-12(10-27(17)21(25)30)19-14(22)4-5-15(23)20(19)24/h4-5,12-13,21,28,30H,2-3,6-11H2,1H3/t12-,13-,21?/m0/s1. The van der Waals surface area contributed by atoms with Crippen LogP contribution in [0.1, 0.15) is 43.6 Å². The fourth-order valence-corrected chi connectivity index (χ4v) is 5.36. The highest BCUT2D eigenvalue weighted by Gasteiger charge is 2.42. The van der Waals surface area contributed by atoms with Gasteiger partial charge in [0, 0.05) is 49.4 Å². The highest BCUT2D eigenvalue weighted by molar-refractivity contribution is 7.80. The number of aliphatic hydroxyl groups excluding tert-OH is 1. The summed E-state index contributed by atoms with van der Waals surface area (Å²) < 4.78 is 42.3. The smallest absolute Gasteiger partial charge is 0.223 e. The zero-order valence-electron chi connectivity index (χ0n) is 16.8. The average Bonchev–Trinajstić information content (AvgIpc) is 3.42. The maximum Gasteiger partial charge on any atom is 0.223 e. The van der Waals surface area contributed by atoms with Gasteiger partial charge in [0.05, 0.1) is 12.6 Å². The minimum absolute atomic E-state index is 0.000944. The third kappa shape index (κ3) is 3.56. The van der Waals surface area contributed by atoms with Gasteiger partial charge in [-0.05, 0) is 37.8 Å². The van der Waals surface area contributed by atoms with Gasteiger partial charge in [-0.25, -0.2) is 13.2 Å². The van der Waals surface area contributed by atoms with Gasteiger partial charge in [-0.15, -0.1) is 12.6 Å². The minimum Gasteiger partial charge on any atom is -0.394 e. The number of likely N-dealkylation sites (tertiary alicyclic amines) is 1. The monoisotopic (exact) mass is 441 g/mol. The van der Waals surface area contributed by atoms with E-state index in [1.54, 1.807) is 4.90 Å². The number of carbonyl (C=O) groups is 1. The molecule has 3 aliphatic rings. The first-order valence-electron chi connectivity index (χ1n) is 10.3. The Morgan fingerprint density at radius 2 is 2.00 bits per heavy atom. The summed E-state index contributed by atoms with van der Waals surface area (Å²) in [6.07, 6.45) is 2.85. The van der Waals surface area contributed by atoms with E-state index in [0.29, 0.717) is 32.4 Å². The second kappa shape index (κ2) is 8.34. The first-order chi connectivity index (χ1) is 14.3. The van der Waals surface area contributed by atoms with Crippen molar-refractivity contribution >= 4 is 18.5 Å². The van der Waals surface area contributed by atoms with E-state index < -0.39 is 23.4 Å². The first-order valence-corrected chi connectivity index (χ1v) is 10.8. The molecule has 0 aromatic heterocycles. The van der Waals surface area contributed by atoms with Crippen LogP contribution in [0.3, 0.4) is 0 Å². The molecule has 3 atom stereocenters. The van der Waals surface area contributed by atoms with Crippen LogP contribution in [0.5, 0.6) is 0 Å². The van der Waals surface area contributed by atoms with Crippen molar-refractivity contribution in [1.82, 2.24) is 14.7 Å². The lowest BCUT2D eigenvalue weighted by molar-refractivity contribution is -0.132. The Balaban J connectivity index is 1.53. The van der Waals surface area contributed by atoms with Gasteiger partial charge in [-0.2, -0.15) is 0 Å². The molecule has 2 fully saturated rings. The number of halogens is 3. The Morgan fingerprint density at radius 1 is 1.27 bits per heavy atom. The number of carbonyl (C=O) groups excluding carboxylic acids is 1. The number of benzene rings is 1. The van der Waals surface area contributed by atoms with E-state index in [9.17, 15) is 23.1 Å². The summed E-state index contributed by atoms with van der Waals surface area (Å²) in [4.78, 5) is 18.3. The summed E-state index contributed by atoms with van der Waals surface area (Å²) in [5.41, 5.74) is 1.30. The SMILES string of the molecule is CN1C(CCC(=O)N2CCC[C@H]2CO)=C2C[C@H](c3c(F)ccc(F)c3F)CN2C1S. The molecule has 3 aliphatic heterocycles. The van der Waals surface area contributed by atoms with Crippen LogP contribution < -0.4 is 0 Å². The molecule has 164 valence electrons. The number of fused-ring (bicyclic) bond motifs is 1. The maximum atomic E-state index is 14.3. The molecule has 1 aromatic carbocycles. The number of nitrogens with zero attached hydrogens (tertiary/aromatic N) is 3. The van der Waals surface area contributed by atoms with E-state index in [4.69, 9.17) is 0 Å². The lowest BCUT2D eigenvalue weighted by atomic mass is 9.95. The van der Waals surface area contributed by atoms with Gasteiger partial charge in [-0.3, -0.25) is 4.79 Å². The van der Waals surface area contributed by atoms with Crippen LogP contribution in [-0.4, -0.2) is 64.0 Å². The van der Waals surface area contributed by atoms with Crippen molar-refractivity contribution in [3.8, 4) is 0 Å². The molecule has 1 unspecified atom stereocenters. The maximum absolute atomic E-state index is 14.3. The second-order valence-electron chi connectivity index (χ2n) is 8.23. The van der Waals surface area contributed by atoms with E-state index in [0.717, 1.165) is 36.4 Å². The number of aliphatic hydroxyl groups is 1. The van der Waals surface area contributed by atoms with Gasteiger partial charge in [0.1, 0.15) is 11.3 Å². The quantitative estimate of drug-likeness (QED) is 0.545. The third-order valence-electron chi connectivity index (χ3n) is 6.56. The van der Waals surface area contributed by atoms with Crippen molar-refractivity contribution in [3.63, 3.8) is 0 Å². The van der Waals surface area contributed by atoms with E-state index in [-0.39, 0.29) is 29.6 Å². The summed E-state index contributed by atoms with van der Waals surface area (Å²) in [7, 11) is 1.88. The van der Waals surface area contributed by atoms with Gasteiger partial charge in [0.15, 0.2) is 11.6 Å². The summed E-state index contributed by atoms with van der Waals surface area (Å²) in [6.45, 7) is 0.965. The Bertz CT molecular complexity index is 881. The summed E-state index contributed by atoms with van der Waals surface area (Å²) in [5.74, 6) is -3.44. The molecule has 1 N–H and O–H groups in total. The van der Waals surface area contributed by atoms with Crippen molar-refractivity contribution in [3.05, 3.63) is 46.5 Å². The van der Waals surface area contributed by atoms with E-state index in [2.05, 4.69) is 12.6 Å². The molecular weight excluding hydrogens is 415 g/mol. The lowest BCUT2D eigenvalue weighted by Crippen LogP contribution is -2.37. The molecular formula is C21H26F3N3O2S. The Labute approximate surface area is 179 Å². The number of amides is 1. The van der Waals surface area contributed by atoms with E-state index >= 15 is 0 Å². The molecule has 9 heteroatoms. The highest BCUT2D eigenvalue weighted by Crippen LogP contribution is 2.45. The Kier molecular flexibility index (Phi) is 5.94. The fraction of sp³-hybridized carbons (Fsp3) is 0.571. The molecule has 0 bridgehead atoms. The zero-order valence-corrected chi connectivity index (χ0v) is 17.7. The van der Waals surface area contributed by atoms with Crippen LogP contribution in [0.2, 0.25) is 0 Å². The molecule has 0 aliphatic carbocycles. The largest absolute Gasteiger partial charge is 0.394 e. The molecule has 0 radical (unpaired) electrons. The fourth-order valence-electron chi connectivity index (χ4n) is 4.99. The minimum atomic E-state index is -1.13. The first kappa shape index (κ1) is 21.4. The zero-order chi connectivity index (χ0) is 21.6. The topological polar surface area (TPSA) is 47.0 Å². The van der Waals surface area contributed by atoms with Gasteiger partial charge < -0.3 is 19.8 Å². The number of rotatable bonds is 5. The van der Waals surface area contributed by atoms with E-state index in [1.165, 1.54) is 0 Å². The van der Waals surface area contributed by atoms with Crippen molar-refractivity contribution < 1.29 is 23.1 Å². The molecule has 0 saturated carbocycles. The predicted octanol–water partition coefficient (Wildman–Crippen LogP) is 3.03. The van der Waals surface area contributed by atoms with Crippen molar-refractivity contribution in [2.24, 2.45) is 0 Å². The Hall–Kier alpha value is -1.87. The highest BCUT2D eigenvalue weighted by atomic mass is 32.1. The Morgan fingerprint density at radius 3 is 2.73 bits per heavy atom. The molecule has 4 rings (SSSR count). The summed E-state index contributed by atoms with van der Waals surface area (Å²) >= 11 is 4.63. The summed E-state index contributed by atoms with van der Waals surface area (Å²) in [5, 5.41) is 9.45. The normalized spacial score (nSPS) is 26.2.